The highest BCUT2D eigenvalue weighted by atomic mass is 16.5. The summed E-state index contributed by atoms with van der Waals surface area (Å²) in [5.41, 5.74) is 0. The molecule has 0 aliphatic heterocycles. The van der Waals surface area contributed by atoms with Crippen LogP contribution in [0.2, 0.25) is 0 Å². The van der Waals surface area contributed by atoms with E-state index in [1.165, 1.54) is 96.3 Å². The first kappa shape index (κ1) is 52.6. The molecular weight excluding hydrogens is 683 g/mol. The molecule has 1 amide bonds. The van der Waals surface area contributed by atoms with Gasteiger partial charge in [-0.3, -0.25) is 9.59 Å². The number of amides is 1. The second-order valence-corrected chi connectivity index (χ2v) is 15.5. The van der Waals surface area contributed by atoms with Crippen molar-refractivity contribution in [3.8, 4) is 0 Å². The Labute approximate surface area is 339 Å². The molecular formula is C49H87NO5. The summed E-state index contributed by atoms with van der Waals surface area (Å²) in [5, 5.41) is 23.6. The summed E-state index contributed by atoms with van der Waals surface area (Å²) in [7, 11) is 0. The van der Waals surface area contributed by atoms with Gasteiger partial charge in [0.05, 0.1) is 25.2 Å². The normalized spacial score (nSPS) is 13.9. The number of nitrogens with one attached hydrogen (secondary N) is 1. The molecule has 0 rings (SSSR count). The van der Waals surface area contributed by atoms with Crippen LogP contribution in [0, 0.1) is 0 Å². The summed E-state index contributed by atoms with van der Waals surface area (Å²) in [6.07, 6.45) is 51.6. The summed E-state index contributed by atoms with van der Waals surface area (Å²) < 4.78 is 5.79. The van der Waals surface area contributed by atoms with Gasteiger partial charge < -0.3 is 20.3 Å². The van der Waals surface area contributed by atoms with E-state index in [-0.39, 0.29) is 24.9 Å². The molecule has 0 saturated carbocycles. The molecule has 3 N–H and O–H groups in total. The zero-order chi connectivity index (χ0) is 40.3. The molecule has 3 atom stereocenters. The minimum atomic E-state index is -0.814. The van der Waals surface area contributed by atoms with E-state index >= 15 is 0 Å². The van der Waals surface area contributed by atoms with Crippen molar-refractivity contribution in [2.75, 3.05) is 6.61 Å². The van der Waals surface area contributed by atoms with Crippen LogP contribution in [-0.4, -0.2) is 46.9 Å². The smallest absolute Gasteiger partial charge is 0.306 e. The molecule has 3 unspecified atom stereocenters. The van der Waals surface area contributed by atoms with Crippen LogP contribution >= 0.6 is 0 Å². The highest BCUT2D eigenvalue weighted by Gasteiger charge is 2.23. The third-order valence-corrected chi connectivity index (χ3v) is 10.1. The lowest BCUT2D eigenvalue weighted by molar-refractivity contribution is -0.148. The van der Waals surface area contributed by atoms with Crippen LogP contribution in [-0.2, 0) is 14.3 Å². The monoisotopic (exact) mass is 770 g/mol. The number of esters is 1. The predicted molar refractivity (Wildman–Crippen MR) is 236 cm³/mol. The van der Waals surface area contributed by atoms with Crippen LogP contribution in [0.1, 0.15) is 213 Å². The molecule has 0 aromatic carbocycles. The van der Waals surface area contributed by atoms with Gasteiger partial charge in [-0.2, -0.15) is 0 Å². The van der Waals surface area contributed by atoms with Crippen molar-refractivity contribution in [2.45, 2.75) is 232 Å². The van der Waals surface area contributed by atoms with Gasteiger partial charge in [-0.1, -0.05) is 204 Å². The maximum absolute atomic E-state index is 13.1. The van der Waals surface area contributed by atoms with E-state index < -0.39 is 18.2 Å². The molecule has 0 radical (unpaired) electrons. The molecule has 6 heteroatoms. The molecule has 0 bridgehead atoms. The number of aliphatic hydroxyl groups is 2. The van der Waals surface area contributed by atoms with Gasteiger partial charge in [0.2, 0.25) is 5.91 Å². The standard InChI is InChI=1S/C49H87NO5/c1-4-7-10-13-16-19-22-24-27-30-33-36-39-42-49(54)55-45(40-37-34-31-28-25-21-18-15-12-9-6-3)43-48(53)50-46(44-51)47(52)41-38-35-32-29-26-23-20-17-14-11-8-5-2/h7,10,13,16,19,22,28,31,37,40,45-47,51-52H,4-6,8-9,11-12,14-15,17-18,20-21,23-27,29-30,32-36,38-39,41-44H2,1-3H3,(H,50,53)/b10-7+,16-13+,22-19-,31-28-,40-37+. The minimum absolute atomic E-state index is 0.0386. The molecule has 0 aliphatic carbocycles. The summed E-state index contributed by atoms with van der Waals surface area (Å²) in [6, 6.07) is -0.736. The topological polar surface area (TPSA) is 95.9 Å². The molecule has 0 spiro atoms. The van der Waals surface area contributed by atoms with E-state index in [1.54, 1.807) is 0 Å². The van der Waals surface area contributed by atoms with Gasteiger partial charge >= 0.3 is 5.97 Å². The lowest BCUT2D eigenvalue weighted by Crippen LogP contribution is -2.46. The molecule has 6 nitrogen and oxygen atoms in total. The van der Waals surface area contributed by atoms with E-state index in [2.05, 4.69) is 74.7 Å². The number of hydrogen-bond acceptors (Lipinski definition) is 5. The summed E-state index contributed by atoms with van der Waals surface area (Å²) in [6.45, 7) is 6.28. The molecule has 0 heterocycles. The summed E-state index contributed by atoms with van der Waals surface area (Å²) in [4.78, 5) is 25.9. The van der Waals surface area contributed by atoms with E-state index in [4.69, 9.17) is 4.74 Å². The SMILES string of the molecule is CC/C=C/C=C/C=C\CCCCCCCC(=O)OC(/C=C/C/C=C\CCCCCCCC)CC(=O)NC(CO)C(O)CCCCCCCCCCCCCC. The average Bonchev–Trinajstić information content (AvgIpc) is 3.18. The Morgan fingerprint density at radius 1 is 0.582 bits per heavy atom. The fraction of sp³-hybridized carbons (Fsp3) is 0.755. The van der Waals surface area contributed by atoms with Gasteiger partial charge in [0.1, 0.15) is 6.10 Å². The molecule has 0 aliphatic rings. The second-order valence-electron chi connectivity index (χ2n) is 15.5. The van der Waals surface area contributed by atoms with Gasteiger partial charge in [-0.25, -0.2) is 0 Å². The Hall–Kier alpha value is -2.44. The van der Waals surface area contributed by atoms with Gasteiger partial charge in [-0.05, 0) is 57.4 Å². The Bertz CT molecular complexity index is 999. The van der Waals surface area contributed by atoms with E-state index in [1.807, 2.05) is 12.2 Å². The number of carbonyl (C=O) groups is 2. The molecule has 0 saturated heterocycles. The van der Waals surface area contributed by atoms with Crippen molar-refractivity contribution in [1.82, 2.24) is 5.32 Å². The third kappa shape index (κ3) is 38.2. The fourth-order valence-corrected chi connectivity index (χ4v) is 6.63. The van der Waals surface area contributed by atoms with Crippen molar-refractivity contribution in [3.05, 3.63) is 60.8 Å². The predicted octanol–water partition coefficient (Wildman–Crippen LogP) is 13.3. The van der Waals surface area contributed by atoms with E-state index in [0.29, 0.717) is 19.3 Å². The number of hydrogen-bond donors (Lipinski definition) is 3. The van der Waals surface area contributed by atoms with Crippen molar-refractivity contribution >= 4 is 11.9 Å². The molecule has 55 heavy (non-hydrogen) atoms. The lowest BCUT2D eigenvalue weighted by atomic mass is 10.0. The van der Waals surface area contributed by atoms with E-state index in [0.717, 1.165) is 70.6 Å². The molecule has 0 fully saturated rings. The first-order valence-electron chi connectivity index (χ1n) is 23.1. The highest BCUT2D eigenvalue weighted by Crippen LogP contribution is 2.15. The van der Waals surface area contributed by atoms with Crippen LogP contribution < -0.4 is 5.32 Å². The number of rotatable bonds is 40. The first-order valence-corrected chi connectivity index (χ1v) is 23.1. The quantitative estimate of drug-likeness (QED) is 0.0250. The Morgan fingerprint density at radius 3 is 1.65 bits per heavy atom. The zero-order valence-corrected chi connectivity index (χ0v) is 36.0. The Morgan fingerprint density at radius 2 is 1.09 bits per heavy atom. The molecule has 318 valence electrons. The van der Waals surface area contributed by atoms with Crippen molar-refractivity contribution in [2.24, 2.45) is 0 Å². The lowest BCUT2D eigenvalue weighted by Gasteiger charge is -2.23. The van der Waals surface area contributed by atoms with Gasteiger partial charge in [0, 0.05) is 6.42 Å². The summed E-state index contributed by atoms with van der Waals surface area (Å²) in [5.74, 6) is -0.630. The highest BCUT2D eigenvalue weighted by molar-refractivity contribution is 5.78. The fourth-order valence-electron chi connectivity index (χ4n) is 6.63. The van der Waals surface area contributed by atoms with Crippen LogP contribution in [0.3, 0.4) is 0 Å². The number of allylic oxidation sites excluding steroid dienone is 9. The van der Waals surface area contributed by atoms with Gasteiger partial charge in [-0.15, -0.1) is 0 Å². The van der Waals surface area contributed by atoms with Crippen LogP contribution in [0.4, 0.5) is 0 Å². The zero-order valence-electron chi connectivity index (χ0n) is 36.0. The number of ether oxygens (including phenoxy) is 1. The van der Waals surface area contributed by atoms with Crippen LogP contribution in [0.5, 0.6) is 0 Å². The molecule has 0 aromatic rings. The van der Waals surface area contributed by atoms with Crippen LogP contribution in [0.15, 0.2) is 60.8 Å². The van der Waals surface area contributed by atoms with Crippen molar-refractivity contribution in [3.63, 3.8) is 0 Å². The van der Waals surface area contributed by atoms with Crippen molar-refractivity contribution < 1.29 is 24.5 Å². The first-order chi connectivity index (χ1) is 27.0. The minimum Gasteiger partial charge on any atom is -0.458 e. The maximum Gasteiger partial charge on any atom is 0.306 e. The number of carbonyl (C=O) groups excluding carboxylic acids is 2. The average molecular weight is 770 g/mol. The summed E-state index contributed by atoms with van der Waals surface area (Å²) >= 11 is 0. The largest absolute Gasteiger partial charge is 0.458 e. The number of unbranched alkanes of at least 4 members (excludes halogenated alkanes) is 22. The maximum atomic E-state index is 13.1. The van der Waals surface area contributed by atoms with Crippen molar-refractivity contribution in [1.29, 1.82) is 0 Å². The number of aliphatic hydroxyl groups excluding tert-OH is 2. The Kier molecular flexibility index (Phi) is 40.8. The second kappa shape index (κ2) is 42.7. The molecule has 0 aromatic heterocycles. The van der Waals surface area contributed by atoms with Gasteiger partial charge in [0.15, 0.2) is 0 Å². The third-order valence-electron chi connectivity index (χ3n) is 10.1. The van der Waals surface area contributed by atoms with Crippen LogP contribution in [0.25, 0.3) is 0 Å². The van der Waals surface area contributed by atoms with E-state index in [9.17, 15) is 19.8 Å². The van der Waals surface area contributed by atoms with Gasteiger partial charge in [0.25, 0.3) is 0 Å². The Balaban J connectivity index is 4.70.